The monoisotopic (exact) mass is 429 g/mol. The summed E-state index contributed by atoms with van der Waals surface area (Å²) in [5, 5.41) is 4.17. The molecule has 1 aromatic heterocycles. The van der Waals surface area contributed by atoms with E-state index >= 15 is 0 Å². The van der Waals surface area contributed by atoms with Gasteiger partial charge in [-0.15, -0.1) is 0 Å². The van der Waals surface area contributed by atoms with E-state index in [-0.39, 0.29) is 23.0 Å². The molecule has 0 aliphatic heterocycles. The molecule has 3 aromatic rings. The molecule has 1 heterocycles. The maximum absolute atomic E-state index is 12.8. The van der Waals surface area contributed by atoms with Crippen LogP contribution in [0.1, 0.15) is 30.6 Å². The number of thioether (sulfide) groups is 1. The van der Waals surface area contributed by atoms with E-state index in [1.54, 1.807) is 47.0 Å². The minimum absolute atomic E-state index is 0.0899. The van der Waals surface area contributed by atoms with Crippen molar-refractivity contribution < 1.29 is 9.59 Å². The molecule has 0 bridgehead atoms. The zero-order valence-corrected chi connectivity index (χ0v) is 17.6. The predicted octanol–water partition coefficient (Wildman–Crippen LogP) is 4.39. The van der Waals surface area contributed by atoms with E-state index in [1.807, 2.05) is 6.92 Å². The second-order valence-corrected chi connectivity index (χ2v) is 7.86. The van der Waals surface area contributed by atoms with Crippen molar-refractivity contribution in [2.45, 2.75) is 32.0 Å². The summed E-state index contributed by atoms with van der Waals surface area (Å²) < 4.78 is 1.61. The smallest absolute Gasteiger partial charge is 0.262 e. The standard InChI is InChI=1S/C21H20ClN3O3S/c1-3-10-25-20(28)17-9-6-15(22)11-18(17)24-21(25)29-12-19(27)14-4-7-16(8-5-14)23-13(2)26/h4-9,11H,3,10,12H2,1-2H3,(H,23,26). The van der Waals surface area contributed by atoms with Crippen LogP contribution in [0.15, 0.2) is 52.4 Å². The maximum atomic E-state index is 12.8. The summed E-state index contributed by atoms with van der Waals surface area (Å²) in [6.07, 6.45) is 0.771. The molecule has 0 spiro atoms. The van der Waals surface area contributed by atoms with Crippen molar-refractivity contribution in [2.24, 2.45) is 0 Å². The van der Waals surface area contributed by atoms with Gasteiger partial charge in [-0.3, -0.25) is 19.0 Å². The van der Waals surface area contributed by atoms with E-state index in [1.165, 1.54) is 18.7 Å². The Hall–Kier alpha value is -2.64. The molecule has 0 aliphatic carbocycles. The van der Waals surface area contributed by atoms with Crippen LogP contribution in [0.4, 0.5) is 5.69 Å². The Bertz CT molecular complexity index is 1130. The largest absolute Gasteiger partial charge is 0.326 e. The van der Waals surface area contributed by atoms with Crippen molar-refractivity contribution in [1.82, 2.24) is 9.55 Å². The Labute approximate surface area is 177 Å². The Morgan fingerprint density at radius 2 is 1.90 bits per heavy atom. The van der Waals surface area contributed by atoms with Crippen LogP contribution in [0.25, 0.3) is 10.9 Å². The molecule has 3 rings (SSSR count). The number of nitrogens with zero attached hydrogens (tertiary/aromatic N) is 2. The molecule has 29 heavy (non-hydrogen) atoms. The lowest BCUT2D eigenvalue weighted by Crippen LogP contribution is -2.23. The Balaban J connectivity index is 1.83. The highest BCUT2D eigenvalue weighted by atomic mass is 35.5. The van der Waals surface area contributed by atoms with Gasteiger partial charge in [-0.2, -0.15) is 0 Å². The van der Waals surface area contributed by atoms with Gasteiger partial charge in [-0.1, -0.05) is 30.3 Å². The van der Waals surface area contributed by atoms with Crippen molar-refractivity contribution in [3.05, 3.63) is 63.4 Å². The SMILES string of the molecule is CCCn1c(SCC(=O)c2ccc(NC(C)=O)cc2)nc2cc(Cl)ccc2c1=O. The number of Topliss-reactive ketones (excluding diaryl/α,β-unsaturated/α-hetero) is 1. The first-order valence-electron chi connectivity index (χ1n) is 9.12. The maximum Gasteiger partial charge on any atom is 0.262 e. The molecule has 0 saturated carbocycles. The van der Waals surface area contributed by atoms with Gasteiger partial charge in [0.15, 0.2) is 10.9 Å². The first-order chi connectivity index (χ1) is 13.9. The van der Waals surface area contributed by atoms with Crippen LogP contribution in [-0.2, 0) is 11.3 Å². The van der Waals surface area contributed by atoms with Gasteiger partial charge in [0.1, 0.15) is 0 Å². The summed E-state index contributed by atoms with van der Waals surface area (Å²) >= 11 is 7.27. The number of hydrogen-bond acceptors (Lipinski definition) is 5. The fourth-order valence-electron chi connectivity index (χ4n) is 2.86. The van der Waals surface area contributed by atoms with Crippen LogP contribution in [0, 0.1) is 0 Å². The Kier molecular flexibility index (Phi) is 6.71. The fraction of sp³-hybridized carbons (Fsp3) is 0.238. The summed E-state index contributed by atoms with van der Waals surface area (Å²) in [4.78, 5) is 41.1. The van der Waals surface area contributed by atoms with E-state index in [4.69, 9.17) is 11.6 Å². The van der Waals surface area contributed by atoms with E-state index in [0.29, 0.717) is 38.9 Å². The lowest BCUT2D eigenvalue weighted by Gasteiger charge is -2.12. The summed E-state index contributed by atoms with van der Waals surface area (Å²) in [7, 11) is 0. The number of amides is 1. The number of halogens is 1. The van der Waals surface area contributed by atoms with Gasteiger partial charge in [-0.05, 0) is 48.9 Å². The molecule has 6 nitrogen and oxygen atoms in total. The van der Waals surface area contributed by atoms with Gasteiger partial charge in [0, 0.05) is 29.7 Å². The molecule has 0 fully saturated rings. The number of carbonyl (C=O) groups excluding carboxylic acids is 2. The van der Waals surface area contributed by atoms with E-state index in [0.717, 1.165) is 6.42 Å². The normalized spacial score (nSPS) is 10.9. The van der Waals surface area contributed by atoms with Crippen molar-refractivity contribution in [1.29, 1.82) is 0 Å². The molecule has 0 saturated heterocycles. The number of anilines is 1. The molecule has 2 aromatic carbocycles. The van der Waals surface area contributed by atoms with Crippen LogP contribution in [0.5, 0.6) is 0 Å². The van der Waals surface area contributed by atoms with Crippen LogP contribution in [-0.4, -0.2) is 27.0 Å². The molecular formula is C21H20ClN3O3S. The number of carbonyl (C=O) groups is 2. The number of rotatable bonds is 7. The van der Waals surface area contributed by atoms with E-state index < -0.39 is 0 Å². The quantitative estimate of drug-likeness (QED) is 0.342. The Morgan fingerprint density at radius 1 is 1.17 bits per heavy atom. The number of hydrogen-bond donors (Lipinski definition) is 1. The van der Waals surface area contributed by atoms with Crippen LogP contribution in [0.2, 0.25) is 5.02 Å². The molecule has 0 radical (unpaired) electrons. The number of aromatic nitrogens is 2. The second-order valence-electron chi connectivity index (χ2n) is 6.48. The summed E-state index contributed by atoms with van der Waals surface area (Å²) in [6.45, 7) is 3.93. The van der Waals surface area contributed by atoms with Crippen LogP contribution >= 0.6 is 23.4 Å². The number of nitrogens with one attached hydrogen (secondary N) is 1. The van der Waals surface area contributed by atoms with Crippen molar-refractivity contribution in [2.75, 3.05) is 11.1 Å². The number of fused-ring (bicyclic) bond motifs is 1. The van der Waals surface area contributed by atoms with Gasteiger partial charge in [0.25, 0.3) is 5.56 Å². The average Bonchev–Trinajstić information content (AvgIpc) is 2.68. The van der Waals surface area contributed by atoms with Gasteiger partial charge < -0.3 is 5.32 Å². The highest BCUT2D eigenvalue weighted by Crippen LogP contribution is 2.22. The van der Waals surface area contributed by atoms with E-state index in [9.17, 15) is 14.4 Å². The van der Waals surface area contributed by atoms with Crippen LogP contribution < -0.4 is 10.9 Å². The third-order valence-corrected chi connectivity index (χ3v) is 5.40. The molecule has 0 aliphatic rings. The van der Waals surface area contributed by atoms with Crippen molar-refractivity contribution >= 4 is 51.6 Å². The average molecular weight is 430 g/mol. The molecule has 1 amide bonds. The minimum Gasteiger partial charge on any atom is -0.326 e. The molecular weight excluding hydrogens is 410 g/mol. The lowest BCUT2D eigenvalue weighted by molar-refractivity contribution is -0.114. The molecule has 0 atom stereocenters. The zero-order valence-electron chi connectivity index (χ0n) is 16.1. The van der Waals surface area contributed by atoms with Gasteiger partial charge >= 0.3 is 0 Å². The third-order valence-electron chi connectivity index (χ3n) is 4.19. The predicted molar refractivity (Wildman–Crippen MR) is 117 cm³/mol. The van der Waals surface area contributed by atoms with E-state index in [2.05, 4.69) is 10.3 Å². The zero-order chi connectivity index (χ0) is 21.0. The second kappa shape index (κ2) is 9.24. The molecule has 150 valence electrons. The van der Waals surface area contributed by atoms with Crippen LogP contribution in [0.3, 0.4) is 0 Å². The van der Waals surface area contributed by atoms with Crippen molar-refractivity contribution in [3.8, 4) is 0 Å². The molecule has 0 unspecified atom stereocenters. The third kappa shape index (κ3) is 5.05. The number of ketones is 1. The van der Waals surface area contributed by atoms with Crippen molar-refractivity contribution in [3.63, 3.8) is 0 Å². The van der Waals surface area contributed by atoms with Gasteiger partial charge in [0.2, 0.25) is 5.91 Å². The highest BCUT2D eigenvalue weighted by Gasteiger charge is 2.14. The highest BCUT2D eigenvalue weighted by molar-refractivity contribution is 7.99. The molecule has 8 heteroatoms. The van der Waals surface area contributed by atoms with Gasteiger partial charge in [-0.25, -0.2) is 4.98 Å². The van der Waals surface area contributed by atoms with Gasteiger partial charge in [0.05, 0.1) is 16.7 Å². The lowest BCUT2D eigenvalue weighted by atomic mass is 10.1. The first-order valence-corrected chi connectivity index (χ1v) is 10.5. The summed E-state index contributed by atoms with van der Waals surface area (Å²) in [6, 6.07) is 11.7. The number of benzene rings is 2. The fourth-order valence-corrected chi connectivity index (χ4v) is 3.95. The Morgan fingerprint density at radius 3 is 2.55 bits per heavy atom. The summed E-state index contributed by atoms with van der Waals surface area (Å²) in [5.41, 5.74) is 1.54. The molecule has 1 N–H and O–H groups in total. The minimum atomic E-state index is -0.170. The first kappa shape index (κ1) is 21.1. The topological polar surface area (TPSA) is 81.1 Å². The summed E-state index contributed by atoms with van der Waals surface area (Å²) in [5.74, 6) is -0.120.